The van der Waals surface area contributed by atoms with Gasteiger partial charge in [-0.3, -0.25) is 5.10 Å². The van der Waals surface area contributed by atoms with Crippen LogP contribution in [0, 0.1) is 19.3 Å². The average molecular weight is 418 g/mol. The van der Waals surface area contributed by atoms with Crippen LogP contribution in [0.15, 0.2) is 6.07 Å². The van der Waals surface area contributed by atoms with Gasteiger partial charge in [0.15, 0.2) is 0 Å². The number of pyridine rings is 1. The number of aryl methyl sites for hydroxylation is 2. The van der Waals surface area contributed by atoms with E-state index in [2.05, 4.69) is 22.5 Å². The summed E-state index contributed by atoms with van der Waals surface area (Å²) in [5.41, 5.74) is 1.95. The largest absolute Gasteiger partial charge is 0.391 e. The van der Waals surface area contributed by atoms with Crippen LogP contribution in [0.25, 0.3) is 10.9 Å². The van der Waals surface area contributed by atoms with Crippen LogP contribution < -0.4 is 0 Å². The minimum atomic E-state index is 0. The summed E-state index contributed by atoms with van der Waals surface area (Å²) in [7, 11) is 1.88. The maximum atomic E-state index is 4.01. The first-order valence-electron chi connectivity index (χ1n) is 3.37. The molecule has 0 unspecified atom stereocenters. The molecule has 3 nitrogen and oxygen atoms in total. The van der Waals surface area contributed by atoms with Crippen molar-refractivity contribution in [3.8, 4) is 0 Å². The van der Waals surface area contributed by atoms with Crippen LogP contribution in [0.2, 0.25) is 0 Å². The van der Waals surface area contributed by atoms with Gasteiger partial charge in [-0.15, -0.1) is 11.5 Å². The first kappa shape index (κ1) is 13.4. The number of aromatic nitrogens is 3. The zero-order chi connectivity index (χ0) is 7.84. The molecule has 0 spiro atoms. The van der Waals surface area contributed by atoms with E-state index in [0.717, 1.165) is 16.6 Å². The van der Waals surface area contributed by atoms with Crippen LogP contribution in [-0.2, 0) is 60.8 Å². The Balaban J connectivity index is 0.000000720. The number of hydrogen-bond acceptors (Lipinski definition) is 2. The van der Waals surface area contributed by atoms with E-state index in [1.165, 1.54) is 0 Å². The molecule has 0 aromatic carbocycles. The second-order valence-corrected chi connectivity index (χ2v) is 2.47. The summed E-state index contributed by atoms with van der Waals surface area (Å²) < 4.78 is 1.76. The van der Waals surface area contributed by atoms with Gasteiger partial charge in [-0.25, -0.2) is 0 Å². The van der Waals surface area contributed by atoms with Gasteiger partial charge in [-0.05, 0) is 6.20 Å². The molecule has 0 amide bonds. The molecule has 0 bridgehead atoms. The third-order valence-electron chi connectivity index (χ3n) is 1.71. The van der Waals surface area contributed by atoms with E-state index in [1.807, 2.05) is 20.0 Å². The van der Waals surface area contributed by atoms with Crippen LogP contribution in [0.4, 0.5) is 0 Å². The quantitative estimate of drug-likeness (QED) is 0.596. The molecular formula is C8H7N3WY-2. The predicted octanol–water partition coefficient (Wildman–Crippen LogP) is 0.872. The minimum Gasteiger partial charge on any atom is -0.391 e. The van der Waals surface area contributed by atoms with Crippen molar-refractivity contribution in [3.63, 3.8) is 0 Å². The van der Waals surface area contributed by atoms with Gasteiger partial charge in [0, 0.05) is 60.8 Å². The van der Waals surface area contributed by atoms with Gasteiger partial charge >= 0.3 is 0 Å². The summed E-state index contributed by atoms with van der Waals surface area (Å²) in [5, 5.41) is 4.97. The Hall–Kier alpha value is 0.412. The molecule has 1 radical (unpaired) electrons. The van der Waals surface area contributed by atoms with E-state index in [1.54, 1.807) is 4.68 Å². The van der Waals surface area contributed by atoms with Crippen molar-refractivity contribution in [1.29, 1.82) is 0 Å². The summed E-state index contributed by atoms with van der Waals surface area (Å²) in [6.45, 7) is 1.93. The average Bonchev–Trinajstić information content (AvgIpc) is 2.35. The Kier molecular flexibility index (Phi) is 5.50. The molecule has 0 aliphatic rings. The molecule has 2 aromatic rings. The summed E-state index contributed by atoms with van der Waals surface area (Å²) >= 11 is 0. The van der Waals surface area contributed by atoms with Crippen LogP contribution in [0.1, 0.15) is 5.69 Å². The van der Waals surface area contributed by atoms with E-state index in [9.17, 15) is 0 Å². The normalized spacial score (nSPS) is 9.08. The van der Waals surface area contributed by atoms with Crippen LogP contribution in [0.3, 0.4) is 0 Å². The molecule has 65 valence electrons. The van der Waals surface area contributed by atoms with Gasteiger partial charge in [-0.1, -0.05) is 24.3 Å². The number of hydrogen-bond donors (Lipinski definition) is 0. The number of fused-ring (bicyclic) bond motifs is 1. The second-order valence-electron chi connectivity index (χ2n) is 2.47. The first-order valence-corrected chi connectivity index (χ1v) is 3.37. The van der Waals surface area contributed by atoms with Crippen molar-refractivity contribution >= 4 is 10.9 Å². The Bertz CT molecular complexity index is 399. The van der Waals surface area contributed by atoms with Gasteiger partial charge in [0.1, 0.15) is 0 Å². The summed E-state index contributed by atoms with van der Waals surface area (Å²) in [6.07, 6.45) is 5.69. The molecule has 0 aliphatic carbocycles. The fourth-order valence-electron chi connectivity index (χ4n) is 1.08. The zero-order valence-electron chi connectivity index (χ0n) is 7.40. The third-order valence-corrected chi connectivity index (χ3v) is 1.71. The van der Waals surface area contributed by atoms with Crippen LogP contribution in [0.5, 0.6) is 0 Å². The molecule has 2 aromatic heterocycles. The van der Waals surface area contributed by atoms with Crippen LogP contribution >= 0.6 is 0 Å². The Morgan fingerprint density at radius 2 is 2.15 bits per heavy atom. The van der Waals surface area contributed by atoms with Gasteiger partial charge in [-0.2, -0.15) is 0 Å². The SMILES string of the molecule is Cc1n[c-]cc2c1[c-]nn2C.[W].[Y]. The summed E-state index contributed by atoms with van der Waals surface area (Å²) in [4.78, 5) is 4.01. The predicted molar refractivity (Wildman–Crippen MR) is 40.9 cm³/mol. The fraction of sp³-hybridized carbons (Fsp3) is 0.250. The zero-order valence-corrected chi connectivity index (χ0v) is 13.2. The van der Waals surface area contributed by atoms with Crippen molar-refractivity contribution in [2.45, 2.75) is 6.92 Å². The number of rotatable bonds is 0. The maximum Gasteiger partial charge on any atom is 0.0160 e. The van der Waals surface area contributed by atoms with Crippen molar-refractivity contribution in [2.75, 3.05) is 0 Å². The fourth-order valence-corrected chi connectivity index (χ4v) is 1.08. The molecule has 0 saturated heterocycles. The third kappa shape index (κ3) is 2.45. The molecule has 0 atom stereocenters. The Morgan fingerprint density at radius 1 is 1.46 bits per heavy atom. The summed E-state index contributed by atoms with van der Waals surface area (Å²) in [5.74, 6) is 0. The van der Waals surface area contributed by atoms with E-state index in [4.69, 9.17) is 0 Å². The van der Waals surface area contributed by atoms with Gasteiger partial charge < -0.3 is 9.67 Å². The topological polar surface area (TPSA) is 30.7 Å². The molecular weight excluding hydrogens is 411 g/mol. The Morgan fingerprint density at radius 3 is 2.77 bits per heavy atom. The van der Waals surface area contributed by atoms with E-state index in [-0.39, 0.29) is 53.8 Å². The maximum absolute atomic E-state index is 4.01. The summed E-state index contributed by atoms with van der Waals surface area (Å²) in [6, 6.07) is 1.81. The monoisotopic (exact) mass is 418 g/mol. The van der Waals surface area contributed by atoms with Gasteiger partial charge in [0.25, 0.3) is 0 Å². The molecule has 2 rings (SSSR count). The second kappa shape index (κ2) is 5.33. The van der Waals surface area contributed by atoms with E-state index >= 15 is 0 Å². The van der Waals surface area contributed by atoms with Crippen molar-refractivity contribution in [3.05, 3.63) is 24.2 Å². The van der Waals surface area contributed by atoms with Gasteiger partial charge in [0.05, 0.1) is 0 Å². The number of nitrogens with zero attached hydrogens (tertiary/aromatic N) is 3. The van der Waals surface area contributed by atoms with Crippen molar-refractivity contribution in [2.24, 2.45) is 7.05 Å². The first-order chi connectivity index (χ1) is 5.29. The Labute approximate surface area is 116 Å². The molecule has 0 saturated carbocycles. The molecule has 0 N–H and O–H groups in total. The van der Waals surface area contributed by atoms with E-state index < -0.39 is 0 Å². The van der Waals surface area contributed by atoms with Crippen molar-refractivity contribution < 1.29 is 53.8 Å². The smallest absolute Gasteiger partial charge is 0.0160 e. The van der Waals surface area contributed by atoms with Gasteiger partial charge in [0.2, 0.25) is 0 Å². The minimum absolute atomic E-state index is 0. The van der Waals surface area contributed by atoms with Crippen molar-refractivity contribution in [1.82, 2.24) is 14.8 Å². The molecule has 13 heavy (non-hydrogen) atoms. The van der Waals surface area contributed by atoms with Crippen LogP contribution in [-0.4, -0.2) is 14.8 Å². The molecule has 2 heterocycles. The molecule has 0 aliphatic heterocycles. The molecule has 5 heteroatoms. The standard InChI is InChI=1S/C8H7N3.W.Y/c1-6-7-5-10-11(2)8(7)3-4-9-6;;/h3H,1-2H3;;/q-2;;. The molecule has 0 fully saturated rings. The van der Waals surface area contributed by atoms with E-state index in [0.29, 0.717) is 0 Å².